The van der Waals surface area contributed by atoms with Crippen LogP contribution in [0.15, 0.2) is 54.1 Å². The molecule has 2 amide bonds. The minimum atomic E-state index is -0.493. The van der Waals surface area contributed by atoms with Gasteiger partial charge < -0.3 is 19.1 Å². The predicted octanol–water partition coefficient (Wildman–Crippen LogP) is 1.76. The van der Waals surface area contributed by atoms with E-state index in [1.54, 1.807) is 21.1 Å². The number of carbonyl (C=O) groups excluding carboxylic acids is 2. The van der Waals surface area contributed by atoms with Crippen LogP contribution in [0.1, 0.15) is 24.8 Å². The van der Waals surface area contributed by atoms with E-state index < -0.39 is 12.3 Å². The highest BCUT2D eigenvalue weighted by Gasteiger charge is 2.49. The Morgan fingerprint density at radius 3 is 2.87 bits per heavy atom. The molecule has 0 spiro atoms. The molecule has 0 radical (unpaired) electrons. The van der Waals surface area contributed by atoms with Gasteiger partial charge in [0.05, 0.1) is 13.2 Å². The lowest BCUT2D eigenvalue weighted by Gasteiger charge is -2.52. The van der Waals surface area contributed by atoms with Crippen molar-refractivity contribution in [1.29, 1.82) is 0 Å². The van der Waals surface area contributed by atoms with Gasteiger partial charge in [0.1, 0.15) is 18.5 Å². The van der Waals surface area contributed by atoms with Crippen LogP contribution < -0.4 is 0 Å². The number of hydrazine groups is 1. The molecule has 0 bridgehead atoms. The molecule has 4 aliphatic heterocycles. The zero-order chi connectivity index (χ0) is 20.5. The van der Waals surface area contributed by atoms with Crippen molar-refractivity contribution in [2.24, 2.45) is 0 Å². The summed E-state index contributed by atoms with van der Waals surface area (Å²) in [6.07, 6.45) is 4.76. The number of hydrogen-bond acceptors (Lipinski definition) is 6. The third kappa shape index (κ3) is 3.36. The van der Waals surface area contributed by atoms with E-state index in [1.807, 2.05) is 36.4 Å². The monoisotopic (exact) mass is 411 g/mol. The number of morpholine rings is 1. The van der Waals surface area contributed by atoms with Gasteiger partial charge in [0, 0.05) is 25.8 Å². The van der Waals surface area contributed by atoms with Crippen LogP contribution in [0.2, 0.25) is 0 Å². The molecule has 4 aliphatic rings. The van der Waals surface area contributed by atoms with Gasteiger partial charge in [-0.15, -0.1) is 0 Å². The lowest BCUT2D eigenvalue weighted by atomic mass is 10.1. The van der Waals surface area contributed by atoms with E-state index in [1.165, 1.54) is 0 Å². The minimum Gasteiger partial charge on any atom is -0.490 e. The van der Waals surface area contributed by atoms with E-state index in [0.717, 1.165) is 12.0 Å². The molecular formula is C22H25N3O5. The van der Waals surface area contributed by atoms with Crippen LogP contribution in [0.4, 0.5) is 0 Å². The molecule has 0 aromatic heterocycles. The number of carbonyl (C=O) groups is 2. The first-order valence-electron chi connectivity index (χ1n) is 10.4. The number of rotatable bonds is 4. The Balaban J connectivity index is 1.48. The molecule has 0 N–H and O–H groups in total. The molecule has 3 saturated heterocycles. The maximum Gasteiger partial charge on any atom is 0.277 e. The maximum atomic E-state index is 13.4. The van der Waals surface area contributed by atoms with Crippen LogP contribution in [0.3, 0.4) is 0 Å². The summed E-state index contributed by atoms with van der Waals surface area (Å²) in [5.74, 6) is 0.292. The SMILES string of the molecule is O=C1C2=C(OCc3ccccc3)CC=CN2N(C(=O)C2CCCO2)[C@@H]2COCCN12. The normalized spacial score (nSPS) is 26.0. The molecule has 1 aromatic carbocycles. The van der Waals surface area contributed by atoms with Crippen molar-refractivity contribution in [3.8, 4) is 0 Å². The van der Waals surface area contributed by atoms with Gasteiger partial charge in [0.2, 0.25) is 0 Å². The van der Waals surface area contributed by atoms with Gasteiger partial charge >= 0.3 is 0 Å². The molecule has 30 heavy (non-hydrogen) atoms. The highest BCUT2D eigenvalue weighted by Crippen LogP contribution is 2.34. The largest absolute Gasteiger partial charge is 0.490 e. The first-order chi connectivity index (χ1) is 14.7. The fourth-order valence-corrected chi connectivity index (χ4v) is 4.31. The molecule has 3 fully saturated rings. The summed E-state index contributed by atoms with van der Waals surface area (Å²) in [6.45, 7) is 2.11. The number of amides is 2. The summed E-state index contributed by atoms with van der Waals surface area (Å²) in [4.78, 5) is 28.5. The number of hydrogen-bond donors (Lipinski definition) is 0. The third-order valence-electron chi connectivity index (χ3n) is 5.81. The lowest BCUT2D eigenvalue weighted by Crippen LogP contribution is -2.69. The van der Waals surface area contributed by atoms with E-state index in [9.17, 15) is 9.59 Å². The van der Waals surface area contributed by atoms with Crippen molar-refractivity contribution >= 4 is 11.8 Å². The number of allylic oxidation sites excluding steroid dienone is 1. The second-order valence-electron chi connectivity index (χ2n) is 7.72. The van der Waals surface area contributed by atoms with Gasteiger partial charge in [0.15, 0.2) is 11.9 Å². The first kappa shape index (κ1) is 19.1. The zero-order valence-electron chi connectivity index (χ0n) is 16.7. The van der Waals surface area contributed by atoms with E-state index in [0.29, 0.717) is 50.7 Å². The van der Waals surface area contributed by atoms with Gasteiger partial charge in [-0.25, -0.2) is 10.0 Å². The Morgan fingerprint density at radius 1 is 1.20 bits per heavy atom. The van der Waals surface area contributed by atoms with Crippen LogP contribution in [0.25, 0.3) is 0 Å². The van der Waals surface area contributed by atoms with Crippen molar-refractivity contribution in [1.82, 2.24) is 14.9 Å². The van der Waals surface area contributed by atoms with Crippen molar-refractivity contribution in [2.75, 3.05) is 26.4 Å². The summed E-state index contributed by atoms with van der Waals surface area (Å²) in [7, 11) is 0. The van der Waals surface area contributed by atoms with Crippen LogP contribution in [0, 0.1) is 0 Å². The van der Waals surface area contributed by atoms with Gasteiger partial charge in [-0.05, 0) is 18.4 Å². The molecule has 4 heterocycles. The van der Waals surface area contributed by atoms with E-state index in [2.05, 4.69) is 0 Å². The molecule has 8 nitrogen and oxygen atoms in total. The Morgan fingerprint density at radius 2 is 2.07 bits per heavy atom. The highest BCUT2D eigenvalue weighted by molar-refractivity contribution is 5.96. The molecule has 1 unspecified atom stereocenters. The summed E-state index contributed by atoms with van der Waals surface area (Å²) < 4.78 is 17.3. The molecular weight excluding hydrogens is 386 g/mol. The predicted molar refractivity (Wildman–Crippen MR) is 106 cm³/mol. The molecule has 0 aliphatic carbocycles. The Hall–Kier alpha value is -2.84. The molecule has 5 rings (SSSR count). The first-order valence-corrected chi connectivity index (χ1v) is 10.4. The smallest absolute Gasteiger partial charge is 0.277 e. The van der Waals surface area contributed by atoms with E-state index in [4.69, 9.17) is 14.2 Å². The van der Waals surface area contributed by atoms with Gasteiger partial charge in [-0.3, -0.25) is 9.59 Å². The second kappa shape index (κ2) is 8.12. The van der Waals surface area contributed by atoms with Crippen molar-refractivity contribution in [2.45, 2.75) is 38.1 Å². The van der Waals surface area contributed by atoms with Gasteiger partial charge in [-0.1, -0.05) is 36.4 Å². The average Bonchev–Trinajstić information content (AvgIpc) is 3.33. The number of nitrogens with zero attached hydrogens (tertiary/aromatic N) is 3. The van der Waals surface area contributed by atoms with Gasteiger partial charge in [-0.2, -0.15) is 0 Å². The molecule has 8 heteroatoms. The van der Waals surface area contributed by atoms with Crippen LogP contribution in [0.5, 0.6) is 0 Å². The lowest BCUT2D eigenvalue weighted by molar-refractivity contribution is -0.195. The van der Waals surface area contributed by atoms with E-state index >= 15 is 0 Å². The molecule has 158 valence electrons. The second-order valence-corrected chi connectivity index (χ2v) is 7.72. The summed E-state index contributed by atoms with van der Waals surface area (Å²) >= 11 is 0. The fraction of sp³-hybridized carbons (Fsp3) is 0.455. The average molecular weight is 411 g/mol. The van der Waals surface area contributed by atoms with Crippen molar-refractivity contribution in [3.63, 3.8) is 0 Å². The van der Waals surface area contributed by atoms with Crippen LogP contribution >= 0.6 is 0 Å². The Kier molecular flexibility index (Phi) is 5.18. The molecule has 2 atom stereocenters. The van der Waals surface area contributed by atoms with Crippen molar-refractivity contribution < 1.29 is 23.8 Å². The number of ether oxygens (including phenoxy) is 3. The standard InChI is InChI=1S/C22H25N3O5/c26-21(18-9-5-12-29-18)25-19-15-28-13-11-23(19)22(27)20-17(8-4-10-24(20)25)30-14-16-6-2-1-3-7-16/h1-4,6-7,10,18-19H,5,8-9,11-15H2/t18?,19-/m1/s1. The Labute approximate surface area is 175 Å². The minimum absolute atomic E-state index is 0.132. The third-order valence-corrected chi connectivity index (χ3v) is 5.81. The summed E-state index contributed by atoms with van der Waals surface area (Å²) in [5, 5.41) is 3.26. The van der Waals surface area contributed by atoms with E-state index in [-0.39, 0.29) is 18.4 Å². The number of fused-ring (bicyclic) bond motifs is 2. The quantitative estimate of drug-likeness (QED) is 0.752. The summed E-state index contributed by atoms with van der Waals surface area (Å²) in [5.41, 5.74) is 1.42. The van der Waals surface area contributed by atoms with Crippen molar-refractivity contribution in [3.05, 3.63) is 59.6 Å². The topological polar surface area (TPSA) is 71.5 Å². The van der Waals surface area contributed by atoms with Crippen LogP contribution in [-0.4, -0.2) is 65.4 Å². The fourth-order valence-electron chi connectivity index (χ4n) is 4.31. The van der Waals surface area contributed by atoms with Crippen LogP contribution in [-0.2, 0) is 30.4 Å². The molecule has 1 aromatic rings. The maximum absolute atomic E-state index is 13.4. The zero-order valence-corrected chi connectivity index (χ0v) is 16.7. The van der Waals surface area contributed by atoms with Gasteiger partial charge in [0.25, 0.3) is 11.8 Å². The molecule has 0 saturated carbocycles. The summed E-state index contributed by atoms with van der Waals surface area (Å²) in [6, 6.07) is 9.82. The Bertz CT molecular complexity index is 878. The number of benzene rings is 1. The highest BCUT2D eigenvalue weighted by atomic mass is 16.5.